The number of nitrogens with two attached hydrogens (primary N) is 1. The first kappa shape index (κ1) is 12.5. The number of hydrazine groups is 1. The smallest absolute Gasteiger partial charge is 0.170 e. The van der Waals surface area contributed by atoms with Gasteiger partial charge < -0.3 is 4.74 Å². The molecule has 0 bridgehead atoms. The summed E-state index contributed by atoms with van der Waals surface area (Å²) in [6.45, 7) is 0. The van der Waals surface area contributed by atoms with E-state index in [-0.39, 0.29) is 5.75 Å². The molecule has 3 nitrogen and oxygen atoms in total. The van der Waals surface area contributed by atoms with E-state index in [0.29, 0.717) is 5.56 Å². The molecule has 2 rings (SSSR count). The lowest BCUT2D eigenvalue weighted by atomic mass is 9.98. The highest BCUT2D eigenvalue weighted by atomic mass is 19.1. The summed E-state index contributed by atoms with van der Waals surface area (Å²) in [6.07, 6.45) is 0. The quantitative estimate of drug-likeness (QED) is 0.643. The molecule has 2 aromatic carbocycles. The minimum absolute atomic E-state index is 0.212. The highest BCUT2D eigenvalue weighted by Gasteiger charge is 2.18. The number of rotatable bonds is 4. The topological polar surface area (TPSA) is 47.3 Å². The second-order valence-electron chi connectivity index (χ2n) is 3.87. The summed E-state index contributed by atoms with van der Waals surface area (Å²) in [5.41, 5.74) is 3.99. The lowest BCUT2D eigenvalue weighted by Crippen LogP contribution is -2.29. The summed E-state index contributed by atoms with van der Waals surface area (Å²) in [6, 6.07) is 14.1. The first-order valence-electron chi connectivity index (χ1n) is 5.61. The van der Waals surface area contributed by atoms with Crippen LogP contribution in [0.2, 0.25) is 0 Å². The summed E-state index contributed by atoms with van der Waals surface area (Å²) in [5, 5.41) is 0. The van der Waals surface area contributed by atoms with Crippen LogP contribution in [0.4, 0.5) is 4.39 Å². The molecule has 4 heteroatoms. The molecule has 0 heterocycles. The van der Waals surface area contributed by atoms with Crippen LogP contribution in [0.3, 0.4) is 0 Å². The highest BCUT2D eigenvalue weighted by Crippen LogP contribution is 2.28. The van der Waals surface area contributed by atoms with E-state index in [1.807, 2.05) is 30.3 Å². The summed E-state index contributed by atoms with van der Waals surface area (Å²) in [5.74, 6) is 5.36. The molecular weight excluding hydrogens is 231 g/mol. The predicted molar refractivity (Wildman–Crippen MR) is 68.6 cm³/mol. The number of methoxy groups -OCH3 is 1. The Kier molecular flexibility index (Phi) is 3.92. The Morgan fingerprint density at radius 2 is 1.83 bits per heavy atom. The van der Waals surface area contributed by atoms with Crippen LogP contribution in [0.1, 0.15) is 17.2 Å². The zero-order valence-electron chi connectivity index (χ0n) is 10.1. The van der Waals surface area contributed by atoms with Gasteiger partial charge in [-0.2, -0.15) is 0 Å². The Labute approximate surface area is 105 Å². The van der Waals surface area contributed by atoms with Crippen LogP contribution in [0.25, 0.3) is 0 Å². The zero-order valence-corrected chi connectivity index (χ0v) is 10.1. The summed E-state index contributed by atoms with van der Waals surface area (Å²) in [4.78, 5) is 0. The summed E-state index contributed by atoms with van der Waals surface area (Å²) >= 11 is 0. The van der Waals surface area contributed by atoms with E-state index in [1.165, 1.54) is 7.11 Å². The minimum Gasteiger partial charge on any atom is -0.494 e. The molecule has 0 aliphatic carbocycles. The van der Waals surface area contributed by atoms with Gasteiger partial charge in [0.05, 0.1) is 13.2 Å². The lowest BCUT2D eigenvalue weighted by molar-refractivity contribution is 0.381. The standard InChI is InChI=1S/C14H15FN2O/c1-18-12-9-5-8-11(13(12)15)14(17-16)10-6-3-2-4-7-10/h2-9,14,17H,16H2,1H3. The van der Waals surface area contributed by atoms with Crippen molar-refractivity contribution in [2.24, 2.45) is 5.84 Å². The van der Waals surface area contributed by atoms with Crippen molar-refractivity contribution in [3.63, 3.8) is 0 Å². The molecule has 0 saturated heterocycles. The van der Waals surface area contributed by atoms with Crippen molar-refractivity contribution in [1.29, 1.82) is 0 Å². The average Bonchev–Trinajstić information content (AvgIpc) is 2.43. The molecule has 0 fully saturated rings. The van der Waals surface area contributed by atoms with Gasteiger partial charge in [-0.25, -0.2) is 9.82 Å². The number of ether oxygens (including phenoxy) is 1. The number of halogens is 1. The minimum atomic E-state index is -0.402. The van der Waals surface area contributed by atoms with Crippen molar-refractivity contribution in [3.8, 4) is 5.75 Å². The third kappa shape index (κ3) is 2.34. The second kappa shape index (κ2) is 5.62. The molecule has 18 heavy (non-hydrogen) atoms. The average molecular weight is 246 g/mol. The third-order valence-electron chi connectivity index (χ3n) is 2.82. The molecule has 1 atom stereocenters. The SMILES string of the molecule is COc1cccc(C(NN)c2ccccc2)c1F. The largest absolute Gasteiger partial charge is 0.494 e. The van der Waals surface area contributed by atoms with E-state index in [2.05, 4.69) is 5.43 Å². The molecule has 0 aromatic heterocycles. The van der Waals surface area contributed by atoms with Gasteiger partial charge in [0.1, 0.15) is 0 Å². The maximum Gasteiger partial charge on any atom is 0.170 e. The van der Waals surface area contributed by atoms with Crippen molar-refractivity contribution < 1.29 is 9.13 Å². The van der Waals surface area contributed by atoms with Crippen molar-refractivity contribution in [1.82, 2.24) is 5.43 Å². The number of hydrogen-bond donors (Lipinski definition) is 2. The van der Waals surface area contributed by atoms with Crippen molar-refractivity contribution >= 4 is 0 Å². The summed E-state index contributed by atoms with van der Waals surface area (Å²) < 4.78 is 19.1. The summed E-state index contributed by atoms with van der Waals surface area (Å²) in [7, 11) is 1.44. The molecular formula is C14H15FN2O. The fourth-order valence-corrected chi connectivity index (χ4v) is 1.92. The van der Waals surface area contributed by atoms with Crippen LogP contribution in [-0.4, -0.2) is 7.11 Å². The Morgan fingerprint density at radius 3 is 2.44 bits per heavy atom. The van der Waals surface area contributed by atoms with Gasteiger partial charge in [0.15, 0.2) is 11.6 Å². The van der Waals surface area contributed by atoms with E-state index in [4.69, 9.17) is 10.6 Å². The maximum absolute atomic E-state index is 14.2. The van der Waals surface area contributed by atoms with Crippen molar-refractivity contribution in [2.75, 3.05) is 7.11 Å². The fraction of sp³-hybridized carbons (Fsp3) is 0.143. The number of benzene rings is 2. The lowest BCUT2D eigenvalue weighted by Gasteiger charge is -2.18. The second-order valence-corrected chi connectivity index (χ2v) is 3.87. The van der Waals surface area contributed by atoms with Crippen LogP contribution >= 0.6 is 0 Å². The molecule has 0 aliphatic heterocycles. The van der Waals surface area contributed by atoms with Gasteiger partial charge in [-0.15, -0.1) is 0 Å². The Bertz CT molecular complexity index is 516. The van der Waals surface area contributed by atoms with Crippen LogP contribution in [0.5, 0.6) is 5.75 Å². The first-order chi connectivity index (χ1) is 8.77. The Morgan fingerprint density at radius 1 is 1.11 bits per heavy atom. The van der Waals surface area contributed by atoms with Crippen LogP contribution < -0.4 is 16.0 Å². The normalized spacial score (nSPS) is 12.2. The van der Waals surface area contributed by atoms with E-state index >= 15 is 0 Å². The molecule has 94 valence electrons. The van der Waals surface area contributed by atoms with E-state index in [1.54, 1.807) is 18.2 Å². The van der Waals surface area contributed by atoms with Crippen molar-refractivity contribution in [2.45, 2.75) is 6.04 Å². The highest BCUT2D eigenvalue weighted by molar-refractivity contribution is 5.38. The molecule has 3 N–H and O–H groups in total. The Balaban J connectivity index is 2.46. The van der Waals surface area contributed by atoms with Gasteiger partial charge >= 0.3 is 0 Å². The zero-order chi connectivity index (χ0) is 13.0. The molecule has 1 unspecified atom stereocenters. The van der Waals surface area contributed by atoms with Crippen LogP contribution in [0.15, 0.2) is 48.5 Å². The molecule has 0 saturated carbocycles. The molecule has 0 aliphatic rings. The van der Waals surface area contributed by atoms with E-state index in [0.717, 1.165) is 5.56 Å². The molecule has 0 radical (unpaired) electrons. The van der Waals surface area contributed by atoms with Gasteiger partial charge in [-0.1, -0.05) is 42.5 Å². The molecule has 2 aromatic rings. The molecule has 0 amide bonds. The number of hydrogen-bond acceptors (Lipinski definition) is 3. The number of nitrogens with one attached hydrogen (secondary N) is 1. The Hall–Kier alpha value is -1.91. The van der Waals surface area contributed by atoms with Gasteiger partial charge in [0, 0.05) is 5.56 Å². The van der Waals surface area contributed by atoms with Crippen LogP contribution in [0, 0.1) is 5.82 Å². The maximum atomic E-state index is 14.2. The van der Waals surface area contributed by atoms with E-state index in [9.17, 15) is 4.39 Å². The van der Waals surface area contributed by atoms with Gasteiger partial charge in [0.25, 0.3) is 0 Å². The van der Waals surface area contributed by atoms with Gasteiger partial charge in [0.2, 0.25) is 0 Å². The van der Waals surface area contributed by atoms with Gasteiger partial charge in [-0.3, -0.25) is 5.84 Å². The molecule has 0 spiro atoms. The van der Waals surface area contributed by atoms with Gasteiger partial charge in [-0.05, 0) is 11.6 Å². The monoisotopic (exact) mass is 246 g/mol. The van der Waals surface area contributed by atoms with Crippen LogP contribution in [-0.2, 0) is 0 Å². The third-order valence-corrected chi connectivity index (χ3v) is 2.82. The predicted octanol–water partition coefficient (Wildman–Crippen LogP) is 2.39. The fourth-order valence-electron chi connectivity index (χ4n) is 1.92. The van der Waals surface area contributed by atoms with Crippen molar-refractivity contribution in [3.05, 3.63) is 65.5 Å². The first-order valence-corrected chi connectivity index (χ1v) is 5.61. The van der Waals surface area contributed by atoms with E-state index < -0.39 is 11.9 Å².